The molecule has 2 aromatic heterocycles. The largest absolute Gasteiger partial charge is 0.457 e. The standard InChI is InChI=1S/C25H21N5OS/c1-17-14-22(18-9-11-21(12-10-18)31-20-7-3-2-4-8-20)27-23(17)16-32-25-28-24(29-30-25)19-6-5-13-26-15-19/h2-15,23,27H,1,16H2,(H,28,29,30). The Labute approximate surface area is 190 Å². The van der Waals surface area contributed by atoms with Gasteiger partial charge in [0.25, 0.3) is 0 Å². The van der Waals surface area contributed by atoms with Crippen LogP contribution < -0.4 is 10.1 Å². The molecule has 0 fully saturated rings. The first kappa shape index (κ1) is 20.1. The lowest BCUT2D eigenvalue weighted by atomic mass is 10.1. The molecule has 0 aliphatic carbocycles. The van der Waals surface area contributed by atoms with Gasteiger partial charge in [-0.05, 0) is 65.7 Å². The van der Waals surface area contributed by atoms with Crippen molar-refractivity contribution in [1.82, 2.24) is 25.5 Å². The number of aromatic nitrogens is 4. The van der Waals surface area contributed by atoms with E-state index in [1.807, 2.05) is 54.6 Å². The van der Waals surface area contributed by atoms with Crippen LogP contribution in [0.15, 0.2) is 103 Å². The summed E-state index contributed by atoms with van der Waals surface area (Å²) in [7, 11) is 0. The van der Waals surface area contributed by atoms with Gasteiger partial charge in [-0.2, -0.15) is 0 Å². The van der Waals surface area contributed by atoms with E-state index < -0.39 is 0 Å². The summed E-state index contributed by atoms with van der Waals surface area (Å²) >= 11 is 1.59. The maximum Gasteiger partial charge on any atom is 0.208 e. The van der Waals surface area contributed by atoms with Crippen LogP contribution in [0, 0.1) is 0 Å². The van der Waals surface area contributed by atoms with Crippen molar-refractivity contribution in [3.05, 3.63) is 103 Å². The zero-order valence-electron chi connectivity index (χ0n) is 17.2. The van der Waals surface area contributed by atoms with E-state index in [0.29, 0.717) is 5.16 Å². The fourth-order valence-electron chi connectivity index (χ4n) is 3.35. The Morgan fingerprint density at radius 1 is 0.938 bits per heavy atom. The Hall–Kier alpha value is -3.84. The van der Waals surface area contributed by atoms with E-state index in [0.717, 1.165) is 45.5 Å². The highest BCUT2D eigenvalue weighted by atomic mass is 32.2. The highest BCUT2D eigenvalue weighted by Gasteiger charge is 2.21. The predicted molar refractivity (Wildman–Crippen MR) is 127 cm³/mol. The van der Waals surface area contributed by atoms with Gasteiger partial charge in [-0.25, -0.2) is 4.98 Å². The fourth-order valence-corrected chi connectivity index (χ4v) is 4.23. The summed E-state index contributed by atoms with van der Waals surface area (Å²) in [6, 6.07) is 21.8. The molecule has 2 N–H and O–H groups in total. The third kappa shape index (κ3) is 4.58. The Kier molecular flexibility index (Phi) is 5.72. The summed E-state index contributed by atoms with van der Waals surface area (Å²) in [5.41, 5.74) is 4.10. The molecule has 0 amide bonds. The predicted octanol–water partition coefficient (Wildman–Crippen LogP) is 5.32. The van der Waals surface area contributed by atoms with Gasteiger partial charge in [0.15, 0.2) is 5.82 Å². The van der Waals surface area contributed by atoms with Gasteiger partial charge < -0.3 is 10.1 Å². The second kappa shape index (κ2) is 9.11. The number of pyridine rings is 1. The maximum atomic E-state index is 5.88. The zero-order chi connectivity index (χ0) is 21.8. The first-order valence-electron chi connectivity index (χ1n) is 10.2. The summed E-state index contributed by atoms with van der Waals surface area (Å²) in [5, 5.41) is 11.5. The molecule has 4 aromatic rings. The number of aromatic amines is 1. The molecule has 5 rings (SSSR count). The van der Waals surface area contributed by atoms with Crippen LogP contribution in [0.25, 0.3) is 17.1 Å². The first-order valence-corrected chi connectivity index (χ1v) is 11.2. The molecular formula is C25H21N5OS. The van der Waals surface area contributed by atoms with Crippen molar-refractivity contribution in [3.8, 4) is 22.9 Å². The van der Waals surface area contributed by atoms with Crippen LogP contribution >= 0.6 is 11.8 Å². The molecule has 2 aromatic carbocycles. The molecule has 0 radical (unpaired) electrons. The van der Waals surface area contributed by atoms with Gasteiger partial charge in [-0.1, -0.05) is 36.5 Å². The molecule has 32 heavy (non-hydrogen) atoms. The summed E-state index contributed by atoms with van der Waals surface area (Å²) in [4.78, 5) is 8.68. The van der Waals surface area contributed by atoms with E-state index in [1.165, 1.54) is 0 Å². The van der Waals surface area contributed by atoms with Crippen molar-refractivity contribution in [2.24, 2.45) is 0 Å². The number of rotatable bonds is 7. The van der Waals surface area contributed by atoms with E-state index in [2.05, 4.69) is 50.3 Å². The number of para-hydroxylation sites is 1. The zero-order valence-corrected chi connectivity index (χ0v) is 18.0. The van der Waals surface area contributed by atoms with Crippen LogP contribution in [0.5, 0.6) is 11.5 Å². The average molecular weight is 440 g/mol. The SMILES string of the molecule is C=C1C=C(c2ccc(Oc3ccccc3)cc2)NC1CSc1n[nH]c(-c2cccnc2)n1. The smallest absolute Gasteiger partial charge is 0.208 e. The van der Waals surface area contributed by atoms with Gasteiger partial charge in [-0.3, -0.25) is 10.1 Å². The number of hydrogen-bond acceptors (Lipinski definition) is 6. The highest BCUT2D eigenvalue weighted by molar-refractivity contribution is 7.99. The molecule has 1 atom stereocenters. The van der Waals surface area contributed by atoms with Gasteiger partial charge in [0.2, 0.25) is 5.16 Å². The number of nitrogens with zero attached hydrogens (tertiary/aromatic N) is 3. The van der Waals surface area contributed by atoms with E-state index in [4.69, 9.17) is 4.74 Å². The van der Waals surface area contributed by atoms with Crippen molar-refractivity contribution < 1.29 is 4.74 Å². The first-order chi connectivity index (χ1) is 15.7. The number of thioether (sulfide) groups is 1. The second-order valence-corrected chi connectivity index (χ2v) is 8.28. The van der Waals surface area contributed by atoms with Crippen molar-refractivity contribution in [3.63, 3.8) is 0 Å². The van der Waals surface area contributed by atoms with Crippen LogP contribution in [0.3, 0.4) is 0 Å². The Morgan fingerprint density at radius 3 is 2.53 bits per heavy atom. The van der Waals surface area contributed by atoms with Gasteiger partial charge in [-0.15, -0.1) is 5.10 Å². The number of H-pyrrole nitrogens is 1. The average Bonchev–Trinajstić information content (AvgIpc) is 3.46. The van der Waals surface area contributed by atoms with Crippen LogP contribution in [0.4, 0.5) is 0 Å². The van der Waals surface area contributed by atoms with Gasteiger partial charge >= 0.3 is 0 Å². The third-order valence-electron chi connectivity index (χ3n) is 5.03. The quantitative estimate of drug-likeness (QED) is 0.380. The molecule has 3 heterocycles. The number of nitrogens with one attached hydrogen (secondary N) is 2. The lowest BCUT2D eigenvalue weighted by Gasteiger charge is -2.14. The highest BCUT2D eigenvalue weighted by Crippen LogP contribution is 2.29. The van der Waals surface area contributed by atoms with Crippen molar-refractivity contribution >= 4 is 17.5 Å². The molecular weight excluding hydrogens is 418 g/mol. The van der Waals surface area contributed by atoms with Crippen LogP contribution in [-0.2, 0) is 0 Å². The topological polar surface area (TPSA) is 75.7 Å². The monoisotopic (exact) mass is 439 g/mol. The molecule has 0 saturated heterocycles. The summed E-state index contributed by atoms with van der Waals surface area (Å²) in [6.45, 7) is 4.22. The van der Waals surface area contributed by atoms with Crippen LogP contribution in [-0.4, -0.2) is 32.0 Å². The van der Waals surface area contributed by atoms with E-state index in [9.17, 15) is 0 Å². The van der Waals surface area contributed by atoms with Gasteiger partial charge in [0.05, 0.1) is 6.04 Å². The van der Waals surface area contributed by atoms with E-state index in [-0.39, 0.29) is 6.04 Å². The maximum absolute atomic E-state index is 5.88. The summed E-state index contributed by atoms with van der Waals surface area (Å²) in [5.74, 6) is 3.12. The van der Waals surface area contributed by atoms with Gasteiger partial charge in [0.1, 0.15) is 11.5 Å². The van der Waals surface area contributed by atoms with Crippen LogP contribution in [0.2, 0.25) is 0 Å². The Balaban J connectivity index is 1.18. The van der Waals surface area contributed by atoms with E-state index in [1.54, 1.807) is 24.2 Å². The molecule has 6 nitrogen and oxygen atoms in total. The molecule has 0 bridgehead atoms. The lowest BCUT2D eigenvalue weighted by molar-refractivity contribution is 0.482. The minimum absolute atomic E-state index is 0.121. The minimum atomic E-state index is 0.121. The number of hydrogen-bond donors (Lipinski definition) is 2. The minimum Gasteiger partial charge on any atom is -0.457 e. The molecule has 1 unspecified atom stereocenters. The molecule has 1 aliphatic rings. The number of ether oxygens (including phenoxy) is 1. The Morgan fingerprint density at radius 2 is 1.75 bits per heavy atom. The van der Waals surface area contributed by atoms with Crippen molar-refractivity contribution in [2.75, 3.05) is 5.75 Å². The third-order valence-corrected chi connectivity index (χ3v) is 5.97. The molecule has 1 aliphatic heterocycles. The number of benzene rings is 2. The van der Waals surface area contributed by atoms with Crippen LogP contribution in [0.1, 0.15) is 5.56 Å². The normalized spacial score (nSPS) is 15.3. The molecule has 0 spiro atoms. The summed E-state index contributed by atoms with van der Waals surface area (Å²) in [6.07, 6.45) is 5.60. The van der Waals surface area contributed by atoms with Crippen molar-refractivity contribution in [2.45, 2.75) is 11.2 Å². The van der Waals surface area contributed by atoms with E-state index >= 15 is 0 Å². The lowest BCUT2D eigenvalue weighted by Crippen LogP contribution is -2.25. The molecule has 158 valence electrons. The fraction of sp³-hybridized carbons (Fsp3) is 0.0800. The molecule has 0 saturated carbocycles. The van der Waals surface area contributed by atoms with Crippen molar-refractivity contribution in [1.29, 1.82) is 0 Å². The Bertz CT molecular complexity index is 1240. The molecule has 7 heteroatoms. The summed E-state index contributed by atoms with van der Waals surface area (Å²) < 4.78 is 5.88. The van der Waals surface area contributed by atoms with Gasteiger partial charge in [0, 0.05) is 29.4 Å². The second-order valence-electron chi connectivity index (χ2n) is 7.29.